The lowest BCUT2D eigenvalue weighted by Crippen LogP contribution is -2.22. The zero-order valence-corrected chi connectivity index (χ0v) is 13.8. The number of nitrogens with one attached hydrogen (secondary N) is 1. The van der Waals surface area contributed by atoms with Crippen LogP contribution in [-0.4, -0.2) is 13.2 Å². The topological polar surface area (TPSA) is 21.3 Å². The van der Waals surface area contributed by atoms with E-state index >= 15 is 0 Å². The summed E-state index contributed by atoms with van der Waals surface area (Å²) in [5.41, 5.74) is 3.80. The maximum atomic E-state index is 5.98. The molecule has 1 aliphatic rings. The van der Waals surface area contributed by atoms with Crippen molar-refractivity contribution in [3.05, 3.63) is 62.2 Å². The molecule has 1 N–H and O–H groups in total. The van der Waals surface area contributed by atoms with Crippen molar-refractivity contribution >= 4 is 39.9 Å². The van der Waals surface area contributed by atoms with Crippen LogP contribution in [0.5, 0.6) is 0 Å². The molecule has 4 heteroatoms. The van der Waals surface area contributed by atoms with Crippen LogP contribution in [0.2, 0.25) is 5.02 Å². The van der Waals surface area contributed by atoms with Crippen molar-refractivity contribution in [1.29, 1.82) is 0 Å². The molecule has 1 heterocycles. The Morgan fingerprint density at radius 2 is 2.10 bits per heavy atom. The van der Waals surface area contributed by atoms with E-state index in [0.29, 0.717) is 0 Å². The van der Waals surface area contributed by atoms with Crippen molar-refractivity contribution in [3.63, 3.8) is 0 Å². The molecule has 0 saturated carbocycles. The predicted molar refractivity (Wildman–Crippen MR) is 91.5 cm³/mol. The number of halogens is 2. The summed E-state index contributed by atoms with van der Waals surface area (Å²) in [7, 11) is 0. The number of hydrogen-bond donors (Lipinski definition) is 1. The maximum Gasteiger partial charge on any atom is 0.0999 e. The molecule has 2 aromatic carbocycles. The van der Waals surface area contributed by atoms with E-state index in [-0.39, 0.29) is 6.10 Å². The van der Waals surface area contributed by atoms with Crippen LogP contribution >= 0.6 is 34.2 Å². The van der Waals surface area contributed by atoms with Gasteiger partial charge in [0.25, 0.3) is 0 Å². The predicted octanol–water partition coefficient (Wildman–Crippen LogP) is 4.67. The number of rotatable bonds is 3. The van der Waals surface area contributed by atoms with E-state index in [1.165, 1.54) is 11.1 Å². The third kappa shape index (κ3) is 3.10. The van der Waals surface area contributed by atoms with Gasteiger partial charge in [0, 0.05) is 20.8 Å². The quantitative estimate of drug-likeness (QED) is 0.757. The summed E-state index contributed by atoms with van der Waals surface area (Å²) >= 11 is 8.27. The molecule has 1 aliphatic heterocycles. The van der Waals surface area contributed by atoms with Gasteiger partial charge < -0.3 is 10.1 Å². The van der Waals surface area contributed by atoms with Crippen LogP contribution in [0.4, 0.5) is 5.69 Å². The van der Waals surface area contributed by atoms with E-state index in [1.54, 1.807) is 0 Å². The van der Waals surface area contributed by atoms with E-state index in [4.69, 9.17) is 16.3 Å². The first-order chi connectivity index (χ1) is 9.74. The third-order valence-corrected chi connectivity index (χ3v) is 4.63. The lowest BCUT2D eigenvalue weighted by Gasteiger charge is -2.26. The monoisotopic (exact) mass is 399 g/mol. The molecule has 0 radical (unpaired) electrons. The van der Waals surface area contributed by atoms with E-state index in [2.05, 4.69) is 52.2 Å². The van der Waals surface area contributed by atoms with Gasteiger partial charge in [0.15, 0.2) is 0 Å². The lowest BCUT2D eigenvalue weighted by atomic mass is 9.97. The highest BCUT2D eigenvalue weighted by atomic mass is 127. The van der Waals surface area contributed by atoms with Gasteiger partial charge in [0.2, 0.25) is 0 Å². The number of ether oxygens (including phenoxy) is 1. The van der Waals surface area contributed by atoms with Crippen LogP contribution in [-0.2, 0) is 11.2 Å². The number of fused-ring (bicyclic) bond motifs is 1. The van der Waals surface area contributed by atoms with Crippen molar-refractivity contribution in [3.8, 4) is 0 Å². The van der Waals surface area contributed by atoms with Gasteiger partial charge >= 0.3 is 0 Å². The first kappa shape index (κ1) is 14.2. The fraction of sp³-hybridized carbons (Fsp3) is 0.250. The maximum absolute atomic E-state index is 5.98. The van der Waals surface area contributed by atoms with Gasteiger partial charge in [-0.3, -0.25) is 0 Å². The summed E-state index contributed by atoms with van der Waals surface area (Å²) in [4.78, 5) is 0. The Hall–Kier alpha value is -0.780. The van der Waals surface area contributed by atoms with Crippen LogP contribution in [0.15, 0.2) is 42.5 Å². The molecule has 0 bridgehead atoms. The number of hydrogen-bond acceptors (Lipinski definition) is 2. The van der Waals surface area contributed by atoms with Gasteiger partial charge in [0.05, 0.1) is 12.7 Å². The van der Waals surface area contributed by atoms with E-state index < -0.39 is 0 Å². The SMILES string of the molecule is Clc1ccc(NCC2OCCc3ccccc32)c(I)c1. The molecule has 2 nitrogen and oxygen atoms in total. The fourth-order valence-corrected chi connectivity index (χ4v) is 3.54. The van der Waals surface area contributed by atoms with Crippen molar-refractivity contribution in [2.24, 2.45) is 0 Å². The van der Waals surface area contributed by atoms with Gasteiger partial charge in [-0.1, -0.05) is 35.9 Å². The minimum atomic E-state index is 0.117. The summed E-state index contributed by atoms with van der Waals surface area (Å²) in [6.07, 6.45) is 1.12. The second-order valence-corrected chi connectivity index (χ2v) is 6.41. The summed E-state index contributed by atoms with van der Waals surface area (Å²) in [5, 5.41) is 4.22. The fourth-order valence-electron chi connectivity index (χ4n) is 2.48. The Morgan fingerprint density at radius 1 is 1.25 bits per heavy atom. The minimum Gasteiger partial charge on any atom is -0.381 e. The Kier molecular flexibility index (Phi) is 4.48. The summed E-state index contributed by atoms with van der Waals surface area (Å²) in [6, 6.07) is 14.4. The van der Waals surface area contributed by atoms with E-state index in [9.17, 15) is 0 Å². The third-order valence-electron chi connectivity index (χ3n) is 3.50. The van der Waals surface area contributed by atoms with Crippen molar-refractivity contribution < 1.29 is 4.74 Å². The zero-order chi connectivity index (χ0) is 13.9. The van der Waals surface area contributed by atoms with Gasteiger partial charge in [-0.15, -0.1) is 0 Å². The van der Waals surface area contributed by atoms with Crippen LogP contribution in [0.3, 0.4) is 0 Å². The van der Waals surface area contributed by atoms with Gasteiger partial charge in [-0.05, 0) is 58.3 Å². The largest absolute Gasteiger partial charge is 0.381 e. The molecule has 3 rings (SSSR count). The molecule has 1 atom stereocenters. The van der Waals surface area contributed by atoms with Crippen molar-refractivity contribution in [1.82, 2.24) is 0 Å². The molecule has 0 amide bonds. The number of anilines is 1. The second-order valence-electron chi connectivity index (χ2n) is 4.81. The van der Waals surface area contributed by atoms with Crippen LogP contribution in [0.25, 0.3) is 0 Å². The molecule has 0 aliphatic carbocycles. The molecule has 1 unspecified atom stereocenters. The normalized spacial score (nSPS) is 17.6. The molecule has 0 saturated heterocycles. The zero-order valence-electron chi connectivity index (χ0n) is 10.9. The molecule has 2 aromatic rings. The number of benzene rings is 2. The Balaban J connectivity index is 1.73. The smallest absolute Gasteiger partial charge is 0.0999 e. The van der Waals surface area contributed by atoms with E-state index in [0.717, 1.165) is 33.9 Å². The Bertz CT molecular complexity index is 617. The summed E-state index contributed by atoms with van der Waals surface area (Å²) in [6.45, 7) is 1.57. The molecule has 0 spiro atoms. The summed E-state index contributed by atoms with van der Waals surface area (Å²) in [5.74, 6) is 0. The first-order valence-electron chi connectivity index (χ1n) is 6.62. The van der Waals surface area contributed by atoms with Gasteiger partial charge in [0.1, 0.15) is 0 Å². The first-order valence-corrected chi connectivity index (χ1v) is 8.08. The Morgan fingerprint density at radius 3 is 2.95 bits per heavy atom. The van der Waals surface area contributed by atoms with Crippen LogP contribution in [0, 0.1) is 3.57 Å². The molecule has 20 heavy (non-hydrogen) atoms. The van der Waals surface area contributed by atoms with Crippen LogP contribution < -0.4 is 5.32 Å². The lowest BCUT2D eigenvalue weighted by molar-refractivity contribution is 0.0513. The van der Waals surface area contributed by atoms with Crippen LogP contribution in [0.1, 0.15) is 17.2 Å². The molecular weight excluding hydrogens is 385 g/mol. The van der Waals surface area contributed by atoms with Crippen molar-refractivity contribution in [2.75, 3.05) is 18.5 Å². The molecule has 104 valence electrons. The van der Waals surface area contributed by atoms with Crippen molar-refractivity contribution in [2.45, 2.75) is 12.5 Å². The highest BCUT2D eigenvalue weighted by molar-refractivity contribution is 14.1. The average molecular weight is 400 g/mol. The molecular formula is C16H15ClINO. The summed E-state index contributed by atoms with van der Waals surface area (Å²) < 4.78 is 7.02. The van der Waals surface area contributed by atoms with E-state index in [1.807, 2.05) is 18.2 Å². The minimum absolute atomic E-state index is 0.117. The Labute approximate surface area is 137 Å². The molecule has 0 aromatic heterocycles. The highest BCUT2D eigenvalue weighted by Gasteiger charge is 2.20. The second kappa shape index (κ2) is 6.33. The standard InChI is InChI=1S/C16H15ClINO/c17-12-5-6-15(14(18)9-12)19-10-16-13-4-2-1-3-11(13)7-8-20-16/h1-6,9,16,19H,7-8,10H2. The van der Waals surface area contributed by atoms with Gasteiger partial charge in [-0.2, -0.15) is 0 Å². The average Bonchev–Trinajstić information content (AvgIpc) is 2.46. The highest BCUT2D eigenvalue weighted by Crippen LogP contribution is 2.28. The van der Waals surface area contributed by atoms with Gasteiger partial charge in [-0.25, -0.2) is 0 Å². The molecule has 0 fully saturated rings.